The van der Waals surface area contributed by atoms with Gasteiger partial charge >= 0.3 is 5.97 Å². The summed E-state index contributed by atoms with van der Waals surface area (Å²) in [5.41, 5.74) is 1.28. The number of nitrogens with zero attached hydrogens (tertiary/aromatic N) is 1. The van der Waals surface area contributed by atoms with Crippen LogP contribution in [-0.4, -0.2) is 42.2 Å². The number of pyridine rings is 1. The molecule has 122 valence electrons. The van der Waals surface area contributed by atoms with Crippen molar-refractivity contribution in [3.63, 3.8) is 0 Å². The molecule has 0 spiro atoms. The van der Waals surface area contributed by atoms with Gasteiger partial charge in [-0.2, -0.15) is 0 Å². The lowest BCUT2D eigenvalue weighted by molar-refractivity contribution is 0.0696. The minimum atomic E-state index is -3.70. The van der Waals surface area contributed by atoms with Crippen molar-refractivity contribution in [2.24, 2.45) is 0 Å². The van der Waals surface area contributed by atoms with Crippen LogP contribution in [0.25, 0.3) is 11.1 Å². The second-order valence-electron chi connectivity index (χ2n) is 4.99. The Morgan fingerprint density at radius 1 is 1.22 bits per heavy atom. The minimum absolute atomic E-state index is 0.0535. The molecular formula is C15H16N2O5S. The van der Waals surface area contributed by atoms with E-state index in [4.69, 9.17) is 10.2 Å². The van der Waals surface area contributed by atoms with Gasteiger partial charge in [0.2, 0.25) is 10.0 Å². The van der Waals surface area contributed by atoms with Crippen molar-refractivity contribution < 1.29 is 23.4 Å². The Bertz CT molecular complexity index is 801. The lowest BCUT2D eigenvalue weighted by atomic mass is 10.1. The summed E-state index contributed by atoms with van der Waals surface area (Å²) in [6.07, 6.45) is 1.96. The molecule has 0 aliphatic carbocycles. The van der Waals surface area contributed by atoms with Gasteiger partial charge in [-0.25, -0.2) is 17.9 Å². The summed E-state index contributed by atoms with van der Waals surface area (Å²) in [5.74, 6) is -1.08. The Balaban J connectivity index is 2.26. The number of aliphatic hydroxyl groups is 1. The fourth-order valence-corrected chi connectivity index (χ4v) is 2.98. The Hall–Kier alpha value is -2.29. The van der Waals surface area contributed by atoms with Gasteiger partial charge in [0.25, 0.3) is 0 Å². The lowest BCUT2D eigenvalue weighted by Crippen LogP contribution is -2.30. The molecule has 0 aliphatic rings. The standard InChI is InChI=1S/C15H16N2O5S/c1-10(18)7-17-23(21,22)14-4-2-11(3-5-14)12-6-13(15(19)20)9-16-8-12/h2-6,8-10,17-18H,7H2,1H3,(H,19,20). The fraction of sp³-hybridized carbons (Fsp3) is 0.200. The van der Waals surface area contributed by atoms with Crippen molar-refractivity contribution in [1.82, 2.24) is 9.71 Å². The molecule has 0 fully saturated rings. The first-order valence-electron chi connectivity index (χ1n) is 6.76. The molecule has 0 saturated heterocycles. The van der Waals surface area contributed by atoms with Crippen LogP contribution >= 0.6 is 0 Å². The molecule has 0 saturated carbocycles. The smallest absolute Gasteiger partial charge is 0.337 e. The topological polar surface area (TPSA) is 117 Å². The number of carboxylic acids is 1. The third-order valence-electron chi connectivity index (χ3n) is 3.05. The van der Waals surface area contributed by atoms with Gasteiger partial charge in [0.05, 0.1) is 16.6 Å². The maximum absolute atomic E-state index is 12.0. The van der Waals surface area contributed by atoms with Crippen LogP contribution in [0.4, 0.5) is 0 Å². The van der Waals surface area contributed by atoms with Gasteiger partial charge in [-0.1, -0.05) is 12.1 Å². The fourth-order valence-electron chi connectivity index (χ4n) is 1.85. The van der Waals surface area contributed by atoms with E-state index < -0.39 is 22.1 Å². The van der Waals surface area contributed by atoms with Gasteiger partial charge in [-0.05, 0) is 30.7 Å². The van der Waals surface area contributed by atoms with E-state index in [0.29, 0.717) is 11.1 Å². The van der Waals surface area contributed by atoms with Crippen molar-refractivity contribution in [2.75, 3.05) is 6.54 Å². The molecule has 2 rings (SSSR count). The number of rotatable bonds is 6. The number of hydrogen-bond acceptors (Lipinski definition) is 5. The number of aromatic nitrogens is 1. The number of carboxylic acid groups (broad SMARTS) is 1. The van der Waals surface area contributed by atoms with Gasteiger partial charge < -0.3 is 10.2 Å². The summed E-state index contributed by atoms with van der Waals surface area (Å²) in [5, 5.41) is 18.1. The van der Waals surface area contributed by atoms with E-state index in [0.717, 1.165) is 0 Å². The third kappa shape index (κ3) is 4.35. The van der Waals surface area contributed by atoms with E-state index in [1.165, 1.54) is 37.5 Å². The second-order valence-corrected chi connectivity index (χ2v) is 6.76. The molecule has 2 aromatic rings. The number of carbonyl (C=O) groups is 1. The first kappa shape index (κ1) is 17.1. The number of nitrogens with one attached hydrogen (secondary N) is 1. The Labute approximate surface area is 133 Å². The summed E-state index contributed by atoms with van der Waals surface area (Å²) >= 11 is 0. The Morgan fingerprint density at radius 3 is 2.43 bits per heavy atom. The first-order valence-corrected chi connectivity index (χ1v) is 8.24. The number of sulfonamides is 1. The zero-order valence-corrected chi connectivity index (χ0v) is 13.1. The number of aliphatic hydroxyl groups excluding tert-OH is 1. The highest BCUT2D eigenvalue weighted by Gasteiger charge is 2.14. The molecule has 7 nitrogen and oxygen atoms in total. The number of benzene rings is 1. The molecule has 1 heterocycles. The first-order chi connectivity index (χ1) is 10.8. The van der Waals surface area contributed by atoms with Crippen LogP contribution in [0.5, 0.6) is 0 Å². The SMILES string of the molecule is CC(O)CNS(=O)(=O)c1ccc(-c2cncc(C(=O)O)c2)cc1. The highest BCUT2D eigenvalue weighted by Crippen LogP contribution is 2.21. The van der Waals surface area contributed by atoms with Gasteiger partial charge in [0, 0.05) is 24.5 Å². The normalized spacial score (nSPS) is 12.8. The molecule has 1 unspecified atom stereocenters. The summed E-state index contributed by atoms with van der Waals surface area (Å²) in [6.45, 7) is 1.41. The van der Waals surface area contributed by atoms with E-state index in [9.17, 15) is 13.2 Å². The predicted molar refractivity (Wildman–Crippen MR) is 83.5 cm³/mol. The van der Waals surface area contributed by atoms with E-state index in [2.05, 4.69) is 9.71 Å². The second kappa shape index (κ2) is 6.86. The van der Waals surface area contributed by atoms with Crippen LogP contribution in [0.3, 0.4) is 0 Å². The molecule has 0 radical (unpaired) electrons. The monoisotopic (exact) mass is 336 g/mol. The summed E-state index contributed by atoms with van der Waals surface area (Å²) in [4.78, 5) is 14.9. The van der Waals surface area contributed by atoms with Crippen molar-refractivity contribution in [3.05, 3.63) is 48.3 Å². The van der Waals surface area contributed by atoms with Gasteiger partial charge in [-0.3, -0.25) is 4.98 Å². The van der Waals surface area contributed by atoms with Crippen molar-refractivity contribution in [3.8, 4) is 11.1 Å². The molecule has 8 heteroatoms. The Kier molecular flexibility index (Phi) is 5.09. The highest BCUT2D eigenvalue weighted by atomic mass is 32.2. The van der Waals surface area contributed by atoms with Crippen molar-refractivity contribution in [2.45, 2.75) is 17.9 Å². The van der Waals surface area contributed by atoms with Gasteiger partial charge in [0.1, 0.15) is 0 Å². The number of aromatic carboxylic acids is 1. The predicted octanol–water partition coefficient (Wildman–Crippen LogP) is 1.11. The van der Waals surface area contributed by atoms with Gasteiger partial charge in [0.15, 0.2) is 0 Å². The largest absolute Gasteiger partial charge is 0.478 e. The molecule has 1 aromatic carbocycles. The maximum Gasteiger partial charge on any atom is 0.337 e. The quantitative estimate of drug-likeness (QED) is 0.727. The van der Waals surface area contributed by atoms with E-state index in [1.54, 1.807) is 12.1 Å². The van der Waals surface area contributed by atoms with Crippen LogP contribution < -0.4 is 4.72 Å². The summed E-state index contributed by atoms with van der Waals surface area (Å²) in [6, 6.07) is 7.42. The van der Waals surface area contributed by atoms with Crippen LogP contribution in [0.2, 0.25) is 0 Å². The lowest BCUT2D eigenvalue weighted by Gasteiger charge is -2.09. The molecule has 0 amide bonds. The summed E-state index contributed by atoms with van der Waals surface area (Å²) in [7, 11) is -3.70. The molecule has 0 bridgehead atoms. The van der Waals surface area contributed by atoms with Gasteiger partial charge in [-0.15, -0.1) is 0 Å². The Morgan fingerprint density at radius 2 is 1.87 bits per heavy atom. The zero-order valence-electron chi connectivity index (χ0n) is 12.3. The van der Waals surface area contributed by atoms with E-state index >= 15 is 0 Å². The molecule has 1 atom stereocenters. The average Bonchev–Trinajstić information content (AvgIpc) is 2.53. The molecule has 3 N–H and O–H groups in total. The zero-order chi connectivity index (χ0) is 17.0. The number of hydrogen-bond donors (Lipinski definition) is 3. The highest BCUT2D eigenvalue weighted by molar-refractivity contribution is 7.89. The molecular weight excluding hydrogens is 320 g/mol. The van der Waals surface area contributed by atoms with Crippen LogP contribution in [0.15, 0.2) is 47.6 Å². The van der Waals surface area contributed by atoms with Crippen LogP contribution in [-0.2, 0) is 10.0 Å². The average molecular weight is 336 g/mol. The molecule has 0 aliphatic heterocycles. The molecule has 23 heavy (non-hydrogen) atoms. The van der Waals surface area contributed by atoms with Crippen molar-refractivity contribution in [1.29, 1.82) is 0 Å². The minimum Gasteiger partial charge on any atom is -0.478 e. The summed E-state index contributed by atoms with van der Waals surface area (Å²) < 4.78 is 26.3. The van der Waals surface area contributed by atoms with E-state index in [1.807, 2.05) is 0 Å². The van der Waals surface area contributed by atoms with Crippen LogP contribution in [0, 0.1) is 0 Å². The third-order valence-corrected chi connectivity index (χ3v) is 4.49. The van der Waals surface area contributed by atoms with Crippen LogP contribution in [0.1, 0.15) is 17.3 Å². The maximum atomic E-state index is 12.0. The van der Waals surface area contributed by atoms with Crippen molar-refractivity contribution >= 4 is 16.0 Å². The van der Waals surface area contributed by atoms with E-state index in [-0.39, 0.29) is 17.0 Å². The molecule has 1 aromatic heterocycles.